The number of methoxy groups -OCH3 is 2. The first kappa shape index (κ1) is 30.7. The highest BCUT2D eigenvalue weighted by Gasteiger charge is 2.28. The van der Waals surface area contributed by atoms with Crippen molar-refractivity contribution in [2.45, 2.75) is 66.2 Å². The van der Waals surface area contributed by atoms with Crippen LogP contribution in [0.1, 0.15) is 66.2 Å². The summed E-state index contributed by atoms with van der Waals surface area (Å²) in [5, 5.41) is 8.54. The molecule has 7 heteroatoms. The van der Waals surface area contributed by atoms with E-state index in [0.29, 0.717) is 12.8 Å². The number of unbranched alkanes of at least 4 members (excludes halogenated alkanes) is 2. The van der Waals surface area contributed by atoms with E-state index in [1.165, 1.54) is 14.2 Å². The fourth-order valence-electron chi connectivity index (χ4n) is 2.06. The highest BCUT2D eigenvalue weighted by atomic mass is 31.1. The minimum atomic E-state index is -0.461. The number of aliphatic hydroxyl groups is 1. The first-order valence-electron chi connectivity index (χ1n) is 9.30. The van der Waals surface area contributed by atoms with Crippen molar-refractivity contribution in [3.05, 3.63) is 0 Å². The Kier molecular flexibility index (Phi) is 20.9. The maximum Gasteiger partial charge on any atom is 0.311 e. The molecule has 6 nitrogen and oxygen atoms in total. The lowest BCUT2D eigenvalue weighted by Gasteiger charge is -2.20. The summed E-state index contributed by atoms with van der Waals surface area (Å²) in [4.78, 5) is 32.3. The number of carbonyl (C=O) groups excluding carboxylic acids is 3. The molecular formula is C20H41O6P. The van der Waals surface area contributed by atoms with Crippen LogP contribution in [0.3, 0.4) is 0 Å². The van der Waals surface area contributed by atoms with Crippen LogP contribution in [0.5, 0.6) is 0 Å². The smallest absolute Gasteiger partial charge is 0.311 e. The Hall–Kier alpha value is -1.00. The van der Waals surface area contributed by atoms with Crippen LogP contribution < -0.4 is 0 Å². The molecule has 0 spiro atoms. The summed E-state index contributed by atoms with van der Waals surface area (Å²) in [6.45, 7) is 11.9. The monoisotopic (exact) mass is 408 g/mol. The zero-order valence-electron chi connectivity index (χ0n) is 18.5. The van der Waals surface area contributed by atoms with Gasteiger partial charge in [0.15, 0.2) is 0 Å². The molecular weight excluding hydrogens is 367 g/mol. The van der Waals surface area contributed by atoms with Crippen molar-refractivity contribution in [2.24, 2.45) is 10.8 Å². The summed E-state index contributed by atoms with van der Waals surface area (Å²) in [5.41, 5.74) is -0.873. The molecule has 0 bridgehead atoms. The van der Waals surface area contributed by atoms with E-state index in [2.05, 4.69) is 22.8 Å². The van der Waals surface area contributed by atoms with Gasteiger partial charge in [-0.2, -0.15) is 0 Å². The SMILES string of the molecule is COC(=O)C(C)(C)CCCC=O.COC(=O)C(C)(C)CCCCO.CPC. The highest BCUT2D eigenvalue weighted by Crippen LogP contribution is 2.25. The zero-order valence-corrected chi connectivity index (χ0v) is 19.5. The molecule has 0 amide bonds. The molecule has 0 aromatic carbocycles. The van der Waals surface area contributed by atoms with Crippen LogP contribution in [0.15, 0.2) is 0 Å². The largest absolute Gasteiger partial charge is 0.469 e. The second kappa shape index (κ2) is 18.4. The quantitative estimate of drug-likeness (QED) is 0.256. The van der Waals surface area contributed by atoms with Crippen molar-refractivity contribution in [3.8, 4) is 0 Å². The van der Waals surface area contributed by atoms with Crippen molar-refractivity contribution in [1.29, 1.82) is 0 Å². The van der Waals surface area contributed by atoms with Gasteiger partial charge in [-0.05, 0) is 66.7 Å². The molecule has 0 radical (unpaired) electrons. The van der Waals surface area contributed by atoms with Gasteiger partial charge in [-0.15, -0.1) is 8.58 Å². The molecule has 0 saturated carbocycles. The molecule has 27 heavy (non-hydrogen) atoms. The Morgan fingerprint density at radius 2 is 1.26 bits per heavy atom. The number of esters is 2. The normalized spacial score (nSPS) is 10.6. The highest BCUT2D eigenvalue weighted by molar-refractivity contribution is 7.35. The molecule has 0 heterocycles. The molecule has 0 aliphatic carbocycles. The van der Waals surface area contributed by atoms with Crippen LogP contribution >= 0.6 is 8.58 Å². The Bertz CT molecular complexity index is 394. The predicted molar refractivity (Wildman–Crippen MR) is 113 cm³/mol. The Labute approximate surface area is 167 Å². The van der Waals surface area contributed by atoms with E-state index in [-0.39, 0.29) is 18.5 Å². The molecule has 0 saturated heterocycles. The molecule has 0 atom stereocenters. The van der Waals surface area contributed by atoms with Crippen molar-refractivity contribution in [3.63, 3.8) is 0 Å². The summed E-state index contributed by atoms with van der Waals surface area (Å²) >= 11 is 0. The third-order valence-electron chi connectivity index (χ3n) is 3.81. The summed E-state index contributed by atoms with van der Waals surface area (Å²) < 4.78 is 9.26. The molecule has 162 valence electrons. The van der Waals surface area contributed by atoms with E-state index < -0.39 is 10.8 Å². The van der Waals surface area contributed by atoms with E-state index in [1.54, 1.807) is 0 Å². The molecule has 0 aliphatic rings. The molecule has 0 aliphatic heterocycles. The number of hydrogen-bond donors (Lipinski definition) is 1. The average Bonchev–Trinajstić information content (AvgIpc) is 2.61. The molecule has 0 unspecified atom stereocenters. The average molecular weight is 409 g/mol. The molecule has 0 rings (SSSR count). The van der Waals surface area contributed by atoms with Gasteiger partial charge in [-0.1, -0.05) is 6.42 Å². The van der Waals surface area contributed by atoms with Crippen LogP contribution in [-0.2, 0) is 23.9 Å². The summed E-state index contributed by atoms with van der Waals surface area (Å²) in [5.74, 6) is -0.395. The van der Waals surface area contributed by atoms with Gasteiger partial charge < -0.3 is 19.4 Å². The van der Waals surface area contributed by atoms with E-state index in [4.69, 9.17) is 5.11 Å². The minimum absolute atomic E-state index is 0.180. The topological polar surface area (TPSA) is 89.9 Å². The van der Waals surface area contributed by atoms with Crippen LogP contribution in [0, 0.1) is 10.8 Å². The zero-order chi connectivity index (χ0) is 21.9. The maximum absolute atomic E-state index is 11.1. The van der Waals surface area contributed by atoms with Gasteiger partial charge in [0.2, 0.25) is 0 Å². The number of rotatable bonds is 10. The van der Waals surface area contributed by atoms with E-state index in [1.807, 2.05) is 27.7 Å². The van der Waals surface area contributed by atoms with Crippen LogP contribution in [-0.4, -0.2) is 57.5 Å². The van der Waals surface area contributed by atoms with Gasteiger partial charge in [0, 0.05) is 13.0 Å². The van der Waals surface area contributed by atoms with E-state index in [0.717, 1.165) is 40.6 Å². The van der Waals surface area contributed by atoms with E-state index in [9.17, 15) is 14.4 Å². The fraction of sp³-hybridized carbons (Fsp3) is 0.850. The number of aliphatic hydroxyl groups excluding tert-OH is 1. The fourth-order valence-corrected chi connectivity index (χ4v) is 2.06. The number of hydrogen-bond acceptors (Lipinski definition) is 6. The van der Waals surface area contributed by atoms with Crippen molar-refractivity contribution in [1.82, 2.24) is 0 Å². The number of ether oxygens (including phenoxy) is 2. The summed E-state index contributed by atoms with van der Waals surface area (Å²) in [6, 6.07) is 0. The molecule has 0 fully saturated rings. The number of carbonyl (C=O) groups is 3. The number of aldehydes is 1. The van der Waals surface area contributed by atoms with Gasteiger partial charge in [-0.25, -0.2) is 0 Å². The van der Waals surface area contributed by atoms with Gasteiger partial charge in [0.25, 0.3) is 0 Å². The molecule has 0 aromatic rings. The first-order valence-corrected chi connectivity index (χ1v) is 11.3. The second-order valence-electron chi connectivity index (χ2n) is 7.49. The van der Waals surface area contributed by atoms with Gasteiger partial charge in [0.1, 0.15) is 6.29 Å². The van der Waals surface area contributed by atoms with Crippen LogP contribution in [0.25, 0.3) is 0 Å². The van der Waals surface area contributed by atoms with Crippen LogP contribution in [0.2, 0.25) is 0 Å². The standard InChI is InChI=1S/C9H18O3.C9H16O3.C2H7P/c2*1-9(2,8(11)12-3)6-4-5-7-10;1-3-2/h10H,4-7H2,1-3H3;7H,4-6H2,1-3H3;3H,1-2H3. The van der Waals surface area contributed by atoms with Gasteiger partial charge in [0.05, 0.1) is 25.0 Å². The summed E-state index contributed by atoms with van der Waals surface area (Å²) in [7, 11) is 3.86. The van der Waals surface area contributed by atoms with Gasteiger partial charge >= 0.3 is 11.9 Å². The third-order valence-corrected chi connectivity index (χ3v) is 3.81. The molecule has 0 aromatic heterocycles. The lowest BCUT2D eigenvalue weighted by atomic mass is 9.87. The second-order valence-corrected chi connectivity index (χ2v) is 8.49. The predicted octanol–water partition coefficient (Wildman–Crippen LogP) is 3.83. The Morgan fingerprint density at radius 1 is 0.889 bits per heavy atom. The molecule has 1 N–H and O–H groups in total. The van der Waals surface area contributed by atoms with Crippen molar-refractivity contribution >= 4 is 26.8 Å². The van der Waals surface area contributed by atoms with Crippen molar-refractivity contribution in [2.75, 3.05) is 34.2 Å². The van der Waals surface area contributed by atoms with Gasteiger partial charge in [-0.3, -0.25) is 9.59 Å². The Morgan fingerprint density at radius 3 is 1.56 bits per heavy atom. The first-order chi connectivity index (χ1) is 12.5. The van der Waals surface area contributed by atoms with E-state index >= 15 is 0 Å². The third kappa shape index (κ3) is 18.1. The van der Waals surface area contributed by atoms with Crippen LogP contribution in [0.4, 0.5) is 0 Å². The summed E-state index contributed by atoms with van der Waals surface area (Å²) in [6.07, 6.45) is 5.19. The Balaban J connectivity index is -0.000000372. The lowest BCUT2D eigenvalue weighted by Crippen LogP contribution is -2.25. The van der Waals surface area contributed by atoms with Crippen molar-refractivity contribution < 1.29 is 29.0 Å². The lowest BCUT2D eigenvalue weighted by molar-refractivity contribution is -0.151. The maximum atomic E-state index is 11.1. The minimum Gasteiger partial charge on any atom is -0.469 e.